The van der Waals surface area contributed by atoms with E-state index in [1.165, 1.54) is 18.3 Å². The summed E-state index contributed by atoms with van der Waals surface area (Å²) in [5.41, 5.74) is 10.0. The molecule has 0 atom stereocenters. The molecule has 1 aromatic heterocycles. The molecule has 1 aromatic carbocycles. The number of benzene rings is 1. The van der Waals surface area contributed by atoms with Crippen molar-refractivity contribution in [1.29, 1.82) is 5.53 Å². The summed E-state index contributed by atoms with van der Waals surface area (Å²) in [7, 11) is 0. The lowest BCUT2D eigenvalue weighted by Crippen LogP contribution is -2.05. The third-order valence-corrected chi connectivity index (χ3v) is 3.17. The van der Waals surface area contributed by atoms with Gasteiger partial charge in [0.25, 0.3) is 0 Å². The van der Waals surface area contributed by atoms with E-state index in [-0.39, 0.29) is 18.4 Å². The fraction of sp³-hybridized carbons (Fsp3) is 0.250. The Bertz CT molecular complexity index is 700. The van der Waals surface area contributed by atoms with Crippen molar-refractivity contribution < 1.29 is 9.13 Å². The van der Waals surface area contributed by atoms with Gasteiger partial charge >= 0.3 is 6.01 Å². The highest BCUT2D eigenvalue weighted by Gasteiger charge is 2.03. The highest BCUT2D eigenvalue weighted by molar-refractivity contribution is 5.52. The molecule has 0 amide bonds. The standard InChI is InChI=1S/C16H18FN5O/c1-3-12-7-20-16(21-8-12)23-10-14(22-18)9-19-15-5-4-13(17)6-11(15)2/h4-9,18-19H,3,10H2,1-2H3/b14-9-,22-18?. The van der Waals surface area contributed by atoms with Gasteiger partial charge in [-0.25, -0.2) is 19.9 Å². The molecule has 0 saturated carbocycles. The van der Waals surface area contributed by atoms with Crippen LogP contribution in [0.2, 0.25) is 0 Å². The summed E-state index contributed by atoms with van der Waals surface area (Å²) in [6, 6.07) is 4.64. The molecular weight excluding hydrogens is 297 g/mol. The number of hydrogen-bond donors (Lipinski definition) is 2. The predicted molar refractivity (Wildman–Crippen MR) is 84.9 cm³/mol. The average molecular weight is 315 g/mol. The Morgan fingerprint density at radius 2 is 2.13 bits per heavy atom. The van der Waals surface area contributed by atoms with Gasteiger partial charge in [-0.05, 0) is 42.7 Å². The van der Waals surface area contributed by atoms with Crippen molar-refractivity contribution in [2.24, 2.45) is 5.11 Å². The largest absolute Gasteiger partial charge is 0.457 e. The molecule has 0 radical (unpaired) electrons. The zero-order valence-corrected chi connectivity index (χ0v) is 13.0. The van der Waals surface area contributed by atoms with Gasteiger partial charge in [-0.2, -0.15) is 5.11 Å². The van der Waals surface area contributed by atoms with Crippen LogP contribution in [0.25, 0.3) is 0 Å². The first-order chi connectivity index (χ1) is 11.1. The summed E-state index contributed by atoms with van der Waals surface area (Å²) < 4.78 is 18.4. The van der Waals surface area contributed by atoms with Crippen molar-refractivity contribution >= 4 is 5.69 Å². The van der Waals surface area contributed by atoms with Gasteiger partial charge in [0.1, 0.15) is 18.1 Å². The normalized spacial score (nSPS) is 11.2. The minimum Gasteiger partial charge on any atom is -0.457 e. The molecule has 2 N–H and O–H groups in total. The van der Waals surface area contributed by atoms with E-state index in [9.17, 15) is 4.39 Å². The van der Waals surface area contributed by atoms with Crippen LogP contribution in [0.1, 0.15) is 18.1 Å². The van der Waals surface area contributed by atoms with Crippen molar-refractivity contribution in [3.8, 4) is 6.01 Å². The SMILES string of the molecule is CCc1cnc(OC/C(=C/Nc2ccc(F)cc2C)N=N)nc1. The Morgan fingerprint density at radius 3 is 2.74 bits per heavy atom. The zero-order valence-electron chi connectivity index (χ0n) is 13.0. The molecule has 0 unspecified atom stereocenters. The molecule has 0 aliphatic rings. The van der Waals surface area contributed by atoms with Gasteiger partial charge in [-0.15, -0.1) is 0 Å². The van der Waals surface area contributed by atoms with Gasteiger partial charge < -0.3 is 10.1 Å². The molecule has 23 heavy (non-hydrogen) atoms. The fourth-order valence-electron chi connectivity index (χ4n) is 1.79. The quantitative estimate of drug-likeness (QED) is 0.760. The van der Waals surface area contributed by atoms with E-state index in [1.807, 2.05) is 6.92 Å². The van der Waals surface area contributed by atoms with E-state index in [1.54, 1.807) is 25.4 Å². The number of nitrogens with zero attached hydrogens (tertiary/aromatic N) is 3. The summed E-state index contributed by atoms with van der Waals surface area (Å²) >= 11 is 0. The Balaban J connectivity index is 1.97. The second kappa shape index (κ2) is 7.98. The van der Waals surface area contributed by atoms with Crippen LogP contribution in [0.4, 0.5) is 10.1 Å². The van der Waals surface area contributed by atoms with Crippen molar-refractivity contribution in [3.63, 3.8) is 0 Å². The third-order valence-electron chi connectivity index (χ3n) is 3.17. The topological polar surface area (TPSA) is 83.2 Å². The van der Waals surface area contributed by atoms with Crippen LogP contribution in [-0.4, -0.2) is 16.6 Å². The number of ether oxygens (including phenoxy) is 1. The average Bonchev–Trinajstić information content (AvgIpc) is 2.57. The number of nitrogens with one attached hydrogen (secondary N) is 2. The summed E-state index contributed by atoms with van der Waals surface area (Å²) in [5.74, 6) is -0.293. The maximum Gasteiger partial charge on any atom is 0.316 e. The van der Waals surface area contributed by atoms with Gasteiger partial charge in [0.15, 0.2) is 0 Å². The lowest BCUT2D eigenvalue weighted by atomic mass is 10.2. The minimum atomic E-state index is -0.293. The first-order valence-electron chi connectivity index (χ1n) is 7.15. The molecule has 0 bridgehead atoms. The fourth-order valence-corrected chi connectivity index (χ4v) is 1.79. The van der Waals surface area contributed by atoms with E-state index in [4.69, 9.17) is 10.3 Å². The van der Waals surface area contributed by atoms with Crippen LogP contribution < -0.4 is 10.1 Å². The molecule has 0 saturated heterocycles. The highest BCUT2D eigenvalue weighted by Crippen LogP contribution is 2.16. The van der Waals surface area contributed by atoms with E-state index in [2.05, 4.69) is 20.4 Å². The van der Waals surface area contributed by atoms with Crippen LogP contribution >= 0.6 is 0 Å². The lowest BCUT2D eigenvalue weighted by molar-refractivity contribution is 0.320. The first-order valence-corrected chi connectivity index (χ1v) is 7.15. The summed E-state index contributed by atoms with van der Waals surface area (Å²) in [4.78, 5) is 8.14. The number of anilines is 1. The maximum atomic E-state index is 13.0. The minimum absolute atomic E-state index is 0.0578. The van der Waals surface area contributed by atoms with Gasteiger partial charge in [0.05, 0.1) is 0 Å². The molecule has 7 heteroatoms. The van der Waals surface area contributed by atoms with Gasteiger partial charge in [0, 0.05) is 24.3 Å². The van der Waals surface area contributed by atoms with Crippen molar-refractivity contribution in [2.75, 3.05) is 11.9 Å². The second-order valence-electron chi connectivity index (χ2n) is 4.87. The smallest absolute Gasteiger partial charge is 0.316 e. The molecular formula is C16H18FN5O. The number of halogens is 1. The van der Waals surface area contributed by atoms with E-state index in [0.717, 1.165) is 23.2 Å². The number of rotatable bonds is 7. The van der Waals surface area contributed by atoms with Gasteiger partial charge in [-0.1, -0.05) is 6.92 Å². The summed E-state index contributed by atoms with van der Waals surface area (Å²) in [6.07, 6.45) is 5.79. The van der Waals surface area contributed by atoms with E-state index < -0.39 is 0 Å². The molecule has 0 aliphatic heterocycles. The van der Waals surface area contributed by atoms with Crippen LogP contribution in [-0.2, 0) is 6.42 Å². The Hall–Kier alpha value is -2.83. The Kier molecular flexibility index (Phi) is 5.74. The van der Waals surface area contributed by atoms with Crippen molar-refractivity contribution in [1.82, 2.24) is 9.97 Å². The summed E-state index contributed by atoms with van der Waals surface area (Å²) in [5, 5.41) is 6.38. The van der Waals surface area contributed by atoms with Crippen LogP contribution in [0.15, 0.2) is 47.6 Å². The lowest BCUT2D eigenvalue weighted by Gasteiger charge is -2.07. The molecule has 0 spiro atoms. The maximum absolute atomic E-state index is 13.0. The molecule has 120 valence electrons. The molecule has 2 rings (SSSR count). The number of aryl methyl sites for hydroxylation is 2. The van der Waals surface area contributed by atoms with Gasteiger partial charge in [-0.3, -0.25) is 0 Å². The van der Waals surface area contributed by atoms with E-state index >= 15 is 0 Å². The predicted octanol–water partition coefficient (Wildman–Crippen LogP) is 3.85. The highest BCUT2D eigenvalue weighted by atomic mass is 19.1. The van der Waals surface area contributed by atoms with Crippen LogP contribution in [0, 0.1) is 18.3 Å². The Morgan fingerprint density at radius 1 is 1.39 bits per heavy atom. The van der Waals surface area contributed by atoms with E-state index in [0.29, 0.717) is 5.70 Å². The molecule has 1 heterocycles. The first kappa shape index (κ1) is 16.5. The van der Waals surface area contributed by atoms with Crippen LogP contribution in [0.3, 0.4) is 0 Å². The third kappa shape index (κ3) is 4.84. The second-order valence-corrected chi connectivity index (χ2v) is 4.87. The monoisotopic (exact) mass is 315 g/mol. The van der Waals surface area contributed by atoms with Crippen molar-refractivity contribution in [2.45, 2.75) is 20.3 Å². The molecule has 0 aliphatic carbocycles. The van der Waals surface area contributed by atoms with Gasteiger partial charge in [0.2, 0.25) is 0 Å². The summed E-state index contributed by atoms with van der Waals surface area (Å²) in [6.45, 7) is 3.86. The number of hydrogen-bond acceptors (Lipinski definition) is 6. The molecule has 0 fully saturated rings. The molecule has 2 aromatic rings. The van der Waals surface area contributed by atoms with Crippen LogP contribution in [0.5, 0.6) is 6.01 Å². The Labute approximate surface area is 133 Å². The number of aromatic nitrogens is 2. The molecule has 6 nitrogen and oxygen atoms in total. The zero-order chi connectivity index (χ0) is 16.7. The van der Waals surface area contributed by atoms with Crippen molar-refractivity contribution in [3.05, 3.63) is 59.4 Å².